The van der Waals surface area contributed by atoms with Crippen LogP contribution in [-0.4, -0.2) is 60.8 Å². The van der Waals surface area contributed by atoms with Crippen molar-refractivity contribution in [2.45, 2.75) is 77.3 Å². The van der Waals surface area contributed by atoms with E-state index in [2.05, 4.69) is 29.4 Å². The molecule has 6 heteroatoms. The van der Waals surface area contributed by atoms with Crippen molar-refractivity contribution in [3.8, 4) is 0 Å². The lowest BCUT2D eigenvalue weighted by Gasteiger charge is -2.24. The van der Waals surface area contributed by atoms with Crippen molar-refractivity contribution in [1.29, 1.82) is 0 Å². The van der Waals surface area contributed by atoms with Gasteiger partial charge in [-0.05, 0) is 44.9 Å². The van der Waals surface area contributed by atoms with Crippen LogP contribution in [-0.2, 0) is 0 Å². The number of aliphatic imine (C=N–C) groups is 1. The zero-order valence-corrected chi connectivity index (χ0v) is 18.5. The zero-order chi connectivity index (χ0) is 17.2. The van der Waals surface area contributed by atoms with Crippen molar-refractivity contribution in [3.05, 3.63) is 0 Å². The predicted molar refractivity (Wildman–Crippen MR) is 117 cm³/mol. The third-order valence-corrected chi connectivity index (χ3v) is 5.49. The Bertz CT molecular complexity index is 368. The van der Waals surface area contributed by atoms with Gasteiger partial charge in [-0.3, -0.25) is 9.89 Å². The van der Waals surface area contributed by atoms with Crippen molar-refractivity contribution in [1.82, 2.24) is 15.5 Å². The second-order valence-electron chi connectivity index (χ2n) is 7.45. The Kier molecular flexibility index (Phi) is 12.1. The smallest absolute Gasteiger partial charge is 0.191 e. The van der Waals surface area contributed by atoms with Crippen LogP contribution in [0.5, 0.6) is 0 Å². The summed E-state index contributed by atoms with van der Waals surface area (Å²) in [5.74, 6) is 1.45. The molecule has 1 heterocycles. The predicted octanol–water partition coefficient (Wildman–Crippen LogP) is 2.98. The van der Waals surface area contributed by atoms with E-state index in [9.17, 15) is 5.11 Å². The monoisotopic (exact) mass is 466 g/mol. The number of nitrogens with zero attached hydrogens (tertiary/aromatic N) is 2. The van der Waals surface area contributed by atoms with Crippen LogP contribution in [0.4, 0.5) is 0 Å². The second kappa shape index (κ2) is 13.1. The summed E-state index contributed by atoms with van der Waals surface area (Å²) in [4.78, 5) is 7.48. The molecule has 1 aliphatic carbocycles. The van der Waals surface area contributed by atoms with E-state index >= 15 is 0 Å². The van der Waals surface area contributed by atoms with Crippen LogP contribution >= 0.6 is 24.0 Å². The van der Waals surface area contributed by atoms with Crippen molar-refractivity contribution in [2.75, 3.05) is 32.8 Å². The number of aliphatic hydroxyl groups excluding tert-OH is 1. The first-order valence-electron chi connectivity index (χ1n) is 10.2. The fourth-order valence-electron chi connectivity index (χ4n) is 4.16. The van der Waals surface area contributed by atoms with E-state index in [1.165, 1.54) is 38.6 Å². The highest BCUT2D eigenvalue weighted by Gasteiger charge is 2.30. The molecule has 25 heavy (non-hydrogen) atoms. The molecule has 2 unspecified atom stereocenters. The van der Waals surface area contributed by atoms with Gasteiger partial charge in [0, 0.05) is 44.9 Å². The minimum atomic E-state index is 0. The first-order valence-corrected chi connectivity index (χ1v) is 10.2. The van der Waals surface area contributed by atoms with Gasteiger partial charge in [0.05, 0.1) is 0 Å². The van der Waals surface area contributed by atoms with E-state index in [1.807, 2.05) is 0 Å². The standard InChI is InChI=1S/C19H38N4O.HI/c1-3-7-16(11-13-24)14-21-19(20-4-2)22-17-10-12-23(15-17)18-8-5-6-9-18;/h16-18,24H,3-15H2,1-2H3,(H2,20,21,22);1H. The molecular formula is C19H39IN4O. The summed E-state index contributed by atoms with van der Waals surface area (Å²) in [6.07, 6.45) is 9.97. The van der Waals surface area contributed by atoms with Crippen LogP contribution in [0.1, 0.15) is 65.2 Å². The number of rotatable bonds is 9. The highest BCUT2D eigenvalue weighted by molar-refractivity contribution is 14.0. The average Bonchev–Trinajstić information content (AvgIpc) is 3.24. The molecule has 1 saturated carbocycles. The van der Waals surface area contributed by atoms with Gasteiger partial charge >= 0.3 is 0 Å². The highest BCUT2D eigenvalue weighted by Crippen LogP contribution is 2.26. The number of aliphatic hydroxyl groups is 1. The molecule has 1 aliphatic heterocycles. The van der Waals surface area contributed by atoms with Crippen LogP contribution in [0, 0.1) is 5.92 Å². The number of guanidine groups is 1. The van der Waals surface area contributed by atoms with Gasteiger partial charge in [-0.25, -0.2) is 0 Å². The number of halogens is 1. The van der Waals surface area contributed by atoms with Gasteiger partial charge in [-0.2, -0.15) is 0 Å². The molecule has 5 nitrogen and oxygen atoms in total. The van der Waals surface area contributed by atoms with E-state index in [0.29, 0.717) is 12.0 Å². The summed E-state index contributed by atoms with van der Waals surface area (Å²) in [5.41, 5.74) is 0. The van der Waals surface area contributed by atoms with Crippen LogP contribution in [0.3, 0.4) is 0 Å². The molecule has 148 valence electrons. The summed E-state index contributed by atoms with van der Waals surface area (Å²) in [7, 11) is 0. The summed E-state index contributed by atoms with van der Waals surface area (Å²) in [6, 6.07) is 1.35. The van der Waals surface area contributed by atoms with Crippen LogP contribution < -0.4 is 10.6 Å². The first kappa shape index (κ1) is 23.0. The SMILES string of the molecule is CCCC(CCO)CN=C(NCC)NC1CCN(C2CCCC2)C1.I. The van der Waals surface area contributed by atoms with Gasteiger partial charge in [0.1, 0.15) is 0 Å². The third-order valence-electron chi connectivity index (χ3n) is 5.49. The van der Waals surface area contributed by atoms with Crippen molar-refractivity contribution >= 4 is 29.9 Å². The Labute approximate surface area is 171 Å². The van der Waals surface area contributed by atoms with Gasteiger partial charge in [0.15, 0.2) is 5.96 Å². The van der Waals surface area contributed by atoms with E-state index in [-0.39, 0.29) is 30.6 Å². The van der Waals surface area contributed by atoms with Gasteiger partial charge in [-0.1, -0.05) is 26.2 Å². The Morgan fingerprint density at radius 3 is 2.60 bits per heavy atom. The Balaban J connectivity index is 0.00000312. The third kappa shape index (κ3) is 7.99. The summed E-state index contributed by atoms with van der Waals surface area (Å²) >= 11 is 0. The van der Waals surface area contributed by atoms with Crippen molar-refractivity contribution in [3.63, 3.8) is 0 Å². The Morgan fingerprint density at radius 1 is 1.20 bits per heavy atom. The lowest BCUT2D eigenvalue weighted by molar-refractivity contribution is 0.242. The van der Waals surface area contributed by atoms with Crippen LogP contribution in [0.25, 0.3) is 0 Å². The molecule has 1 saturated heterocycles. The average molecular weight is 466 g/mol. The van der Waals surface area contributed by atoms with Gasteiger partial charge in [0.25, 0.3) is 0 Å². The number of hydrogen-bond acceptors (Lipinski definition) is 3. The molecule has 0 aromatic heterocycles. The molecule has 0 amide bonds. The lowest BCUT2D eigenvalue weighted by atomic mass is 10.0. The molecule has 0 aromatic carbocycles. The highest BCUT2D eigenvalue weighted by atomic mass is 127. The Morgan fingerprint density at radius 2 is 1.96 bits per heavy atom. The molecule has 2 aliphatic rings. The normalized spacial score (nSPS) is 23.5. The maximum Gasteiger partial charge on any atom is 0.191 e. The van der Waals surface area contributed by atoms with E-state index < -0.39 is 0 Å². The topological polar surface area (TPSA) is 59.9 Å². The van der Waals surface area contributed by atoms with E-state index in [0.717, 1.165) is 50.9 Å². The lowest BCUT2D eigenvalue weighted by Crippen LogP contribution is -2.45. The number of nitrogens with one attached hydrogen (secondary N) is 2. The number of likely N-dealkylation sites (tertiary alicyclic amines) is 1. The Hall–Kier alpha value is -0.0800. The molecule has 2 rings (SSSR count). The molecule has 3 N–H and O–H groups in total. The zero-order valence-electron chi connectivity index (χ0n) is 16.2. The second-order valence-corrected chi connectivity index (χ2v) is 7.45. The maximum absolute atomic E-state index is 9.21. The largest absolute Gasteiger partial charge is 0.396 e. The van der Waals surface area contributed by atoms with E-state index in [4.69, 9.17) is 4.99 Å². The molecule has 0 spiro atoms. The molecule has 2 atom stereocenters. The minimum absolute atomic E-state index is 0. The number of hydrogen-bond donors (Lipinski definition) is 3. The molecule has 0 radical (unpaired) electrons. The fraction of sp³-hybridized carbons (Fsp3) is 0.947. The quantitative estimate of drug-likeness (QED) is 0.278. The molecular weight excluding hydrogens is 427 g/mol. The van der Waals surface area contributed by atoms with Gasteiger partial charge < -0.3 is 15.7 Å². The fourth-order valence-corrected chi connectivity index (χ4v) is 4.16. The summed E-state index contributed by atoms with van der Waals surface area (Å²) in [6.45, 7) is 8.67. The molecule has 0 aromatic rings. The van der Waals surface area contributed by atoms with Crippen molar-refractivity contribution in [2.24, 2.45) is 10.9 Å². The minimum Gasteiger partial charge on any atom is -0.396 e. The maximum atomic E-state index is 9.21. The van der Waals surface area contributed by atoms with Crippen molar-refractivity contribution < 1.29 is 5.11 Å². The van der Waals surface area contributed by atoms with Crippen LogP contribution in [0.15, 0.2) is 4.99 Å². The molecule has 0 bridgehead atoms. The summed E-state index contributed by atoms with van der Waals surface area (Å²) < 4.78 is 0. The van der Waals surface area contributed by atoms with Crippen LogP contribution in [0.2, 0.25) is 0 Å². The van der Waals surface area contributed by atoms with E-state index in [1.54, 1.807) is 0 Å². The van der Waals surface area contributed by atoms with Gasteiger partial charge in [0.2, 0.25) is 0 Å². The van der Waals surface area contributed by atoms with Gasteiger partial charge in [-0.15, -0.1) is 24.0 Å². The molecule has 2 fully saturated rings. The summed E-state index contributed by atoms with van der Waals surface area (Å²) in [5, 5.41) is 16.2. The first-order chi connectivity index (χ1) is 11.8.